The molecule has 130 valence electrons. The highest BCUT2D eigenvalue weighted by Crippen LogP contribution is 2.57. The van der Waals surface area contributed by atoms with Crippen molar-refractivity contribution in [2.75, 3.05) is 13.6 Å². The lowest BCUT2D eigenvalue weighted by atomic mass is 9.82. The van der Waals surface area contributed by atoms with Crippen molar-refractivity contribution >= 4 is 11.9 Å². The van der Waals surface area contributed by atoms with Crippen molar-refractivity contribution in [2.45, 2.75) is 36.9 Å². The van der Waals surface area contributed by atoms with E-state index >= 15 is 0 Å². The molecule has 3 heterocycles. The zero-order valence-corrected chi connectivity index (χ0v) is 14.1. The highest BCUT2D eigenvalue weighted by atomic mass is 16.2. The van der Waals surface area contributed by atoms with Crippen LogP contribution in [0.3, 0.4) is 0 Å². The Hall–Kier alpha value is -2.57. The first-order chi connectivity index (χ1) is 12.2. The molecule has 1 aromatic rings. The third-order valence-electron chi connectivity index (χ3n) is 6.24. The van der Waals surface area contributed by atoms with Gasteiger partial charge in [-0.3, -0.25) is 4.79 Å². The average molecular weight is 339 g/mol. The fourth-order valence-electron chi connectivity index (χ4n) is 5.47. The van der Waals surface area contributed by atoms with E-state index in [0.29, 0.717) is 5.82 Å². The summed E-state index contributed by atoms with van der Waals surface area (Å²) in [4.78, 5) is 31.4. The maximum Gasteiger partial charge on any atom is 0.317 e. The second-order valence-electron chi connectivity index (χ2n) is 7.19. The van der Waals surface area contributed by atoms with E-state index in [1.54, 1.807) is 13.2 Å². The molecule has 5 rings (SSSR count). The van der Waals surface area contributed by atoms with E-state index in [2.05, 4.69) is 33.8 Å². The summed E-state index contributed by atoms with van der Waals surface area (Å²) in [6.45, 7) is 0.731. The molecule has 0 aromatic carbocycles. The van der Waals surface area contributed by atoms with Crippen LogP contribution in [0.5, 0.6) is 0 Å². The van der Waals surface area contributed by atoms with Crippen LogP contribution in [0.1, 0.15) is 35.9 Å². The number of allylic oxidation sites excluding steroid dienone is 2. The summed E-state index contributed by atoms with van der Waals surface area (Å²) in [5, 5.41) is 5.98. The number of carbonyl (C=O) groups is 2. The lowest BCUT2D eigenvalue weighted by molar-refractivity contribution is 0.0807. The molecule has 4 atom stereocenters. The van der Waals surface area contributed by atoms with Crippen LogP contribution < -0.4 is 10.6 Å². The minimum atomic E-state index is -0.399. The van der Waals surface area contributed by atoms with E-state index in [-0.39, 0.29) is 29.9 Å². The number of amides is 3. The molecule has 1 saturated heterocycles. The second kappa shape index (κ2) is 4.97. The van der Waals surface area contributed by atoms with E-state index in [9.17, 15) is 9.59 Å². The largest absolute Gasteiger partial charge is 0.344 e. The van der Waals surface area contributed by atoms with E-state index in [4.69, 9.17) is 0 Å². The quantitative estimate of drug-likeness (QED) is 0.698. The van der Waals surface area contributed by atoms with Gasteiger partial charge in [-0.2, -0.15) is 0 Å². The van der Waals surface area contributed by atoms with Crippen LogP contribution in [0, 0.1) is 5.92 Å². The SMILES string of the molecule is CNC(=O)N1CCCC12C1=CCC=CC1C1NC(=O)c3nccn3C12. The van der Waals surface area contributed by atoms with Gasteiger partial charge in [-0.25, -0.2) is 9.78 Å². The highest BCUT2D eigenvalue weighted by molar-refractivity contribution is 5.92. The maximum atomic E-state index is 12.7. The topological polar surface area (TPSA) is 79.3 Å². The molecule has 0 bridgehead atoms. The first-order valence-corrected chi connectivity index (χ1v) is 8.88. The molecule has 1 saturated carbocycles. The molecule has 2 N–H and O–H groups in total. The normalized spacial score (nSPS) is 35.1. The molecule has 2 aliphatic heterocycles. The molecule has 7 heteroatoms. The summed E-state index contributed by atoms with van der Waals surface area (Å²) >= 11 is 0. The predicted molar refractivity (Wildman–Crippen MR) is 91.0 cm³/mol. The molecular weight excluding hydrogens is 318 g/mol. The van der Waals surface area contributed by atoms with Gasteiger partial charge in [0.05, 0.1) is 17.6 Å². The molecule has 0 radical (unpaired) electrons. The Morgan fingerprint density at radius 1 is 1.48 bits per heavy atom. The van der Waals surface area contributed by atoms with Crippen LogP contribution in [0.2, 0.25) is 0 Å². The molecule has 4 unspecified atom stereocenters. The standard InChI is InChI=1S/C18H21N5O2/c1-19-17(25)23-9-4-7-18(23)12-6-3-2-5-11(12)13-14(18)22-10-8-20-15(22)16(24)21-13/h2,5-6,8,10-11,13-14H,3-4,7,9H2,1H3,(H,19,25)(H,21,24). The minimum absolute atomic E-state index is 0.0264. The van der Waals surface area contributed by atoms with Gasteiger partial charge in [0.15, 0.2) is 5.82 Å². The van der Waals surface area contributed by atoms with Crippen LogP contribution >= 0.6 is 0 Å². The number of hydrogen-bond donors (Lipinski definition) is 2. The Balaban J connectivity index is 1.75. The van der Waals surface area contributed by atoms with Gasteiger partial charge in [0, 0.05) is 31.9 Å². The van der Waals surface area contributed by atoms with Gasteiger partial charge in [0.1, 0.15) is 0 Å². The minimum Gasteiger partial charge on any atom is -0.344 e. The Morgan fingerprint density at radius 3 is 3.20 bits per heavy atom. The third-order valence-corrected chi connectivity index (χ3v) is 6.24. The van der Waals surface area contributed by atoms with Crippen LogP contribution in [-0.2, 0) is 0 Å². The fraction of sp³-hybridized carbons (Fsp3) is 0.500. The van der Waals surface area contributed by atoms with Gasteiger partial charge in [0.2, 0.25) is 0 Å². The van der Waals surface area contributed by atoms with Gasteiger partial charge in [-0.05, 0) is 24.8 Å². The number of hydrogen-bond acceptors (Lipinski definition) is 3. The van der Waals surface area contributed by atoms with Crippen LogP contribution in [0.4, 0.5) is 4.79 Å². The van der Waals surface area contributed by atoms with Gasteiger partial charge in [0.25, 0.3) is 5.91 Å². The van der Waals surface area contributed by atoms with Crippen molar-refractivity contribution in [3.63, 3.8) is 0 Å². The van der Waals surface area contributed by atoms with E-state index in [1.807, 2.05) is 15.7 Å². The summed E-state index contributed by atoms with van der Waals surface area (Å²) in [6.07, 6.45) is 12.9. The van der Waals surface area contributed by atoms with Crippen LogP contribution in [0.15, 0.2) is 36.2 Å². The smallest absolute Gasteiger partial charge is 0.317 e. The number of fused-ring (bicyclic) bond motifs is 7. The molecular formula is C18H21N5O2. The van der Waals surface area contributed by atoms with Gasteiger partial charge < -0.3 is 20.1 Å². The number of rotatable bonds is 0. The maximum absolute atomic E-state index is 12.7. The van der Waals surface area contributed by atoms with Crippen LogP contribution in [0.25, 0.3) is 0 Å². The Labute approximate surface area is 145 Å². The van der Waals surface area contributed by atoms with Crippen molar-refractivity contribution in [1.82, 2.24) is 25.1 Å². The number of carbonyl (C=O) groups excluding carboxylic acids is 2. The monoisotopic (exact) mass is 339 g/mol. The third kappa shape index (κ3) is 1.68. The lowest BCUT2D eigenvalue weighted by Gasteiger charge is -2.44. The Kier molecular flexibility index (Phi) is 2.93. The van der Waals surface area contributed by atoms with Crippen molar-refractivity contribution in [1.29, 1.82) is 0 Å². The number of likely N-dealkylation sites (tertiary alicyclic amines) is 1. The molecule has 7 nitrogen and oxygen atoms in total. The van der Waals surface area contributed by atoms with Gasteiger partial charge in [-0.1, -0.05) is 18.2 Å². The number of nitrogens with zero attached hydrogens (tertiary/aromatic N) is 3. The zero-order chi connectivity index (χ0) is 17.2. The van der Waals surface area contributed by atoms with E-state index in [0.717, 1.165) is 25.8 Å². The van der Waals surface area contributed by atoms with Crippen molar-refractivity contribution in [2.24, 2.45) is 5.92 Å². The molecule has 1 spiro atoms. The first-order valence-electron chi connectivity index (χ1n) is 8.88. The summed E-state index contributed by atoms with van der Waals surface area (Å²) in [7, 11) is 1.68. The lowest BCUT2D eigenvalue weighted by Crippen LogP contribution is -2.58. The Bertz CT molecular complexity index is 825. The molecule has 2 aliphatic carbocycles. The highest BCUT2D eigenvalue weighted by Gasteiger charge is 2.64. The van der Waals surface area contributed by atoms with Crippen molar-refractivity contribution in [3.05, 3.63) is 42.0 Å². The van der Waals surface area contributed by atoms with Crippen molar-refractivity contribution in [3.8, 4) is 0 Å². The molecule has 4 aliphatic rings. The van der Waals surface area contributed by atoms with Gasteiger partial charge in [-0.15, -0.1) is 0 Å². The summed E-state index contributed by atoms with van der Waals surface area (Å²) < 4.78 is 2.00. The molecule has 2 fully saturated rings. The number of urea groups is 1. The molecule has 3 amide bonds. The summed E-state index contributed by atoms with van der Waals surface area (Å²) in [5.41, 5.74) is 0.872. The van der Waals surface area contributed by atoms with Crippen molar-refractivity contribution < 1.29 is 9.59 Å². The summed E-state index contributed by atoms with van der Waals surface area (Å²) in [5.74, 6) is 0.433. The predicted octanol–water partition coefficient (Wildman–Crippen LogP) is 1.23. The average Bonchev–Trinajstić information content (AvgIpc) is 3.34. The second-order valence-corrected chi connectivity index (χ2v) is 7.19. The Morgan fingerprint density at radius 2 is 2.36 bits per heavy atom. The molecule has 1 aromatic heterocycles. The van der Waals surface area contributed by atoms with Crippen LogP contribution in [-0.4, -0.2) is 51.6 Å². The van der Waals surface area contributed by atoms with E-state index in [1.165, 1.54) is 5.57 Å². The fourth-order valence-corrected chi connectivity index (χ4v) is 5.47. The number of aromatic nitrogens is 2. The zero-order valence-electron chi connectivity index (χ0n) is 14.1. The summed E-state index contributed by atoms with van der Waals surface area (Å²) in [6, 6.07) is -0.130. The molecule has 25 heavy (non-hydrogen) atoms. The number of nitrogens with one attached hydrogen (secondary N) is 2. The van der Waals surface area contributed by atoms with E-state index < -0.39 is 5.54 Å². The number of imidazole rings is 1. The first kappa shape index (κ1) is 14.7. The van der Waals surface area contributed by atoms with Gasteiger partial charge >= 0.3 is 6.03 Å².